The number of benzene rings is 2. The minimum atomic E-state index is -0.776. The summed E-state index contributed by atoms with van der Waals surface area (Å²) in [6, 6.07) is 13.4. The number of aryl methyl sites for hydroxylation is 2. The Balaban J connectivity index is 0.00000300. The van der Waals surface area contributed by atoms with Gasteiger partial charge in [0, 0.05) is 26.2 Å². The molecule has 1 atom stereocenters. The van der Waals surface area contributed by atoms with Crippen molar-refractivity contribution < 1.29 is 9.84 Å². The molecule has 0 aliphatic rings. The number of nitrogens with one attached hydrogen (secondary N) is 1. The molecule has 3 aromatic rings. The number of aromatic nitrogens is 2. The first-order valence-electron chi connectivity index (χ1n) is 9.46. The maximum absolute atomic E-state index is 12.0. The minimum absolute atomic E-state index is 0. The van der Waals surface area contributed by atoms with Gasteiger partial charge >= 0.3 is 5.69 Å². The zero-order chi connectivity index (χ0) is 20.5. The van der Waals surface area contributed by atoms with Crippen LogP contribution in [-0.2, 0) is 20.6 Å². The van der Waals surface area contributed by atoms with Gasteiger partial charge in [0.2, 0.25) is 0 Å². The molecule has 7 heteroatoms. The van der Waals surface area contributed by atoms with Gasteiger partial charge in [-0.1, -0.05) is 18.2 Å². The average molecular weight is 420 g/mol. The zero-order valence-corrected chi connectivity index (χ0v) is 18.4. The van der Waals surface area contributed by atoms with E-state index in [0.717, 1.165) is 23.1 Å². The molecule has 158 valence electrons. The standard InChI is InChI=1S/C22H29N3O3.ClH/c1-22(2,3)23-13-15-6-9-17(10-7-15)28-14-20(26)16-8-11-18-19(12-16)25(5)21(27)24(18)4;/h6-12,20,23,26H,13-14H2,1-5H3;1H. The van der Waals surface area contributed by atoms with Crippen molar-refractivity contribution in [2.75, 3.05) is 6.61 Å². The third-order valence-corrected chi connectivity index (χ3v) is 4.83. The monoisotopic (exact) mass is 419 g/mol. The van der Waals surface area contributed by atoms with E-state index in [4.69, 9.17) is 4.74 Å². The fourth-order valence-corrected chi connectivity index (χ4v) is 3.07. The van der Waals surface area contributed by atoms with Crippen LogP contribution in [-0.4, -0.2) is 26.4 Å². The topological polar surface area (TPSA) is 68.4 Å². The normalized spacial score (nSPS) is 12.6. The third-order valence-electron chi connectivity index (χ3n) is 4.83. The molecule has 0 saturated carbocycles. The molecule has 1 heterocycles. The SMILES string of the molecule is Cl.Cn1c(=O)n(C)c2cc(C(O)COc3ccc(CNC(C)(C)C)cc3)ccc21. The molecule has 0 spiro atoms. The highest BCUT2D eigenvalue weighted by Gasteiger charge is 2.13. The molecule has 1 unspecified atom stereocenters. The van der Waals surface area contributed by atoms with Crippen LogP contribution >= 0.6 is 12.4 Å². The highest BCUT2D eigenvalue weighted by Crippen LogP contribution is 2.21. The lowest BCUT2D eigenvalue weighted by Crippen LogP contribution is -2.35. The predicted octanol–water partition coefficient (Wildman–Crippen LogP) is 3.30. The van der Waals surface area contributed by atoms with Crippen LogP contribution in [0.1, 0.15) is 38.0 Å². The number of hydrogen-bond acceptors (Lipinski definition) is 4. The Labute approximate surface area is 177 Å². The number of rotatable bonds is 6. The van der Waals surface area contributed by atoms with Crippen LogP contribution in [0, 0.1) is 0 Å². The fraction of sp³-hybridized carbons (Fsp3) is 0.409. The van der Waals surface area contributed by atoms with E-state index in [9.17, 15) is 9.90 Å². The van der Waals surface area contributed by atoms with E-state index in [1.54, 1.807) is 23.2 Å². The first-order chi connectivity index (χ1) is 13.2. The van der Waals surface area contributed by atoms with Gasteiger partial charge in [0.25, 0.3) is 0 Å². The van der Waals surface area contributed by atoms with Crippen molar-refractivity contribution in [1.29, 1.82) is 0 Å². The number of halogens is 1. The van der Waals surface area contributed by atoms with Gasteiger partial charge in [-0.15, -0.1) is 12.4 Å². The summed E-state index contributed by atoms with van der Waals surface area (Å²) in [5.41, 5.74) is 3.52. The second-order valence-corrected chi connectivity index (χ2v) is 8.22. The number of aliphatic hydroxyl groups is 1. The molecular formula is C22H30ClN3O3. The van der Waals surface area contributed by atoms with Crippen molar-refractivity contribution in [2.24, 2.45) is 14.1 Å². The summed E-state index contributed by atoms with van der Waals surface area (Å²) in [5, 5.41) is 14.0. The Kier molecular flexibility index (Phi) is 7.16. The number of nitrogens with zero attached hydrogens (tertiary/aromatic N) is 2. The quantitative estimate of drug-likeness (QED) is 0.643. The van der Waals surface area contributed by atoms with Crippen molar-refractivity contribution in [1.82, 2.24) is 14.5 Å². The van der Waals surface area contributed by atoms with Crippen molar-refractivity contribution >= 4 is 23.4 Å². The molecule has 0 radical (unpaired) electrons. The Bertz CT molecular complexity index is 1020. The Morgan fingerprint density at radius 2 is 1.66 bits per heavy atom. The highest BCUT2D eigenvalue weighted by molar-refractivity contribution is 5.85. The van der Waals surface area contributed by atoms with Gasteiger partial charge < -0.3 is 15.2 Å². The summed E-state index contributed by atoms with van der Waals surface area (Å²) in [6.45, 7) is 7.34. The molecule has 1 aromatic heterocycles. The lowest BCUT2D eigenvalue weighted by Gasteiger charge is -2.20. The van der Waals surface area contributed by atoms with E-state index in [1.807, 2.05) is 42.5 Å². The molecule has 0 fully saturated rings. The molecule has 29 heavy (non-hydrogen) atoms. The predicted molar refractivity (Wildman–Crippen MR) is 119 cm³/mol. The first kappa shape index (κ1) is 23.0. The molecule has 6 nitrogen and oxygen atoms in total. The van der Waals surface area contributed by atoms with Gasteiger partial charge in [-0.05, 0) is 56.2 Å². The maximum Gasteiger partial charge on any atom is 0.328 e. The van der Waals surface area contributed by atoms with Crippen LogP contribution in [0.15, 0.2) is 47.3 Å². The van der Waals surface area contributed by atoms with Crippen molar-refractivity contribution in [3.8, 4) is 5.75 Å². The van der Waals surface area contributed by atoms with Gasteiger partial charge in [-0.25, -0.2) is 4.79 Å². The van der Waals surface area contributed by atoms with E-state index in [1.165, 1.54) is 5.56 Å². The minimum Gasteiger partial charge on any atom is -0.491 e. The van der Waals surface area contributed by atoms with E-state index in [2.05, 4.69) is 26.1 Å². The van der Waals surface area contributed by atoms with Gasteiger partial charge in [-0.2, -0.15) is 0 Å². The number of fused-ring (bicyclic) bond motifs is 1. The number of aliphatic hydroxyl groups excluding tert-OH is 1. The molecule has 0 saturated heterocycles. The average Bonchev–Trinajstić information content (AvgIpc) is 2.88. The van der Waals surface area contributed by atoms with Gasteiger partial charge in [0.15, 0.2) is 0 Å². The van der Waals surface area contributed by atoms with Crippen LogP contribution in [0.2, 0.25) is 0 Å². The molecule has 0 aliphatic heterocycles. The number of imidazole rings is 1. The van der Waals surface area contributed by atoms with Crippen LogP contribution in [0.5, 0.6) is 5.75 Å². The van der Waals surface area contributed by atoms with Gasteiger partial charge in [0.1, 0.15) is 18.5 Å². The lowest BCUT2D eigenvalue weighted by atomic mass is 10.1. The summed E-state index contributed by atoms with van der Waals surface area (Å²) in [7, 11) is 3.47. The number of hydrogen-bond donors (Lipinski definition) is 2. The summed E-state index contributed by atoms with van der Waals surface area (Å²) in [4.78, 5) is 12.0. The largest absolute Gasteiger partial charge is 0.491 e. The molecule has 3 rings (SSSR count). The van der Waals surface area contributed by atoms with E-state index < -0.39 is 6.10 Å². The Morgan fingerprint density at radius 1 is 1.03 bits per heavy atom. The molecular weight excluding hydrogens is 390 g/mol. The summed E-state index contributed by atoms with van der Waals surface area (Å²) < 4.78 is 8.93. The first-order valence-corrected chi connectivity index (χ1v) is 9.46. The summed E-state index contributed by atoms with van der Waals surface area (Å²) >= 11 is 0. The van der Waals surface area contributed by atoms with Crippen molar-refractivity contribution in [2.45, 2.75) is 39.0 Å². The third kappa shape index (κ3) is 5.41. The van der Waals surface area contributed by atoms with Crippen LogP contribution < -0.4 is 15.7 Å². The van der Waals surface area contributed by atoms with Gasteiger partial charge in [0.05, 0.1) is 11.0 Å². The van der Waals surface area contributed by atoms with Crippen molar-refractivity contribution in [3.63, 3.8) is 0 Å². The Hall–Kier alpha value is -2.28. The van der Waals surface area contributed by atoms with Crippen LogP contribution in [0.4, 0.5) is 0 Å². The highest BCUT2D eigenvalue weighted by atomic mass is 35.5. The van der Waals surface area contributed by atoms with E-state index >= 15 is 0 Å². The second-order valence-electron chi connectivity index (χ2n) is 8.22. The zero-order valence-electron chi connectivity index (χ0n) is 17.6. The molecule has 0 amide bonds. The van der Waals surface area contributed by atoms with Gasteiger partial charge in [-0.3, -0.25) is 9.13 Å². The smallest absolute Gasteiger partial charge is 0.328 e. The number of ether oxygens (including phenoxy) is 1. The molecule has 0 bridgehead atoms. The maximum atomic E-state index is 12.0. The molecule has 0 aliphatic carbocycles. The van der Waals surface area contributed by atoms with E-state index in [0.29, 0.717) is 5.75 Å². The second kappa shape index (κ2) is 9.03. The van der Waals surface area contributed by atoms with Crippen molar-refractivity contribution in [3.05, 3.63) is 64.1 Å². The summed E-state index contributed by atoms with van der Waals surface area (Å²) in [5.74, 6) is 0.715. The van der Waals surface area contributed by atoms with E-state index in [-0.39, 0.29) is 30.2 Å². The van der Waals surface area contributed by atoms with Crippen LogP contribution in [0.3, 0.4) is 0 Å². The molecule has 2 N–H and O–H groups in total. The lowest BCUT2D eigenvalue weighted by molar-refractivity contribution is 0.108. The Morgan fingerprint density at radius 3 is 2.28 bits per heavy atom. The molecule has 2 aromatic carbocycles. The fourth-order valence-electron chi connectivity index (χ4n) is 3.07. The van der Waals surface area contributed by atoms with Crippen LogP contribution in [0.25, 0.3) is 11.0 Å². The summed E-state index contributed by atoms with van der Waals surface area (Å²) in [6.07, 6.45) is -0.776.